The summed E-state index contributed by atoms with van der Waals surface area (Å²) in [5.41, 5.74) is -3.15. The van der Waals surface area contributed by atoms with Gasteiger partial charge in [-0.25, -0.2) is 0 Å². The first-order valence-electron chi connectivity index (χ1n) is 19.6. The number of ether oxygens (including phenoxy) is 9. The summed E-state index contributed by atoms with van der Waals surface area (Å²) in [5, 5.41) is 23.6. The van der Waals surface area contributed by atoms with E-state index in [-0.39, 0.29) is 25.0 Å². The van der Waals surface area contributed by atoms with Crippen LogP contribution in [0.4, 0.5) is 0 Å². The van der Waals surface area contributed by atoms with E-state index >= 15 is 0 Å². The maximum absolute atomic E-state index is 14.3. The molecule has 17 unspecified atom stereocenters. The fraction of sp³-hybridized carbons (Fsp3) is 0.875. The lowest BCUT2D eigenvalue weighted by Crippen LogP contribution is -2.61. The summed E-state index contributed by atoms with van der Waals surface area (Å²) < 4.78 is 56.8. The van der Waals surface area contributed by atoms with Crippen LogP contribution in [0.15, 0.2) is 11.3 Å². The normalized spacial score (nSPS) is 45.8. The standard InChI is InChI=1S/C40H67NO14/c1-15-28-40(11,46)33(44)22(4)30-20(2)17-39(10,55-30)34(54-37-32(51-26(8)43)27(41(12)13)16-21(3)49-37)23(5)31(24(6)36(45)52-28)53-29-18-38(9,47-14)35(48-19-42)25(7)50-29/h19,21-25,27-29,31-35,37,44,46H,15-18H2,1-14H3. The molecule has 0 radical (unpaired) electrons. The molecule has 4 heterocycles. The molecule has 0 spiro atoms. The number of rotatable bonds is 10. The number of cyclic esters (lactones) is 1. The Balaban J connectivity index is 1.88. The minimum Gasteiger partial charge on any atom is -0.489 e. The lowest BCUT2D eigenvalue weighted by molar-refractivity contribution is -0.317. The number of methoxy groups -OCH3 is 1. The maximum Gasteiger partial charge on any atom is 0.311 e. The fourth-order valence-electron chi connectivity index (χ4n) is 9.33. The molecule has 4 rings (SSSR count). The van der Waals surface area contributed by atoms with Gasteiger partial charge in [-0.2, -0.15) is 0 Å². The lowest BCUT2D eigenvalue weighted by atomic mass is 9.78. The number of aliphatic hydroxyl groups excluding tert-OH is 1. The largest absolute Gasteiger partial charge is 0.489 e. The van der Waals surface area contributed by atoms with Crippen molar-refractivity contribution < 1.29 is 67.2 Å². The van der Waals surface area contributed by atoms with Crippen LogP contribution in [0.25, 0.3) is 0 Å². The highest BCUT2D eigenvalue weighted by Gasteiger charge is 2.57. The SMILES string of the molecule is CCC1OC(=O)C(C)C(OC2CC(C)(OC)C(OC=O)C(C)O2)C(C)C(OC2OC(C)CC(N(C)C)C2OC(C)=O)C2(C)CC(C)=C(O2)C(C)C(O)C1(C)O. The van der Waals surface area contributed by atoms with Gasteiger partial charge in [0.05, 0.1) is 36.4 Å². The number of hydrogen-bond acceptors (Lipinski definition) is 15. The van der Waals surface area contributed by atoms with E-state index in [0.717, 1.165) is 5.57 Å². The summed E-state index contributed by atoms with van der Waals surface area (Å²) in [6.45, 7) is 19.6. The number of hydrogen-bond donors (Lipinski definition) is 2. The second-order valence-electron chi connectivity index (χ2n) is 17.1. The highest BCUT2D eigenvalue weighted by atomic mass is 16.7. The molecule has 55 heavy (non-hydrogen) atoms. The van der Waals surface area contributed by atoms with Crippen molar-refractivity contribution in [2.45, 2.75) is 186 Å². The molecule has 316 valence electrons. The van der Waals surface area contributed by atoms with Crippen LogP contribution in [0.1, 0.15) is 102 Å². The summed E-state index contributed by atoms with van der Waals surface area (Å²) in [6.07, 6.45) is -7.49. The molecule has 0 amide bonds. The lowest BCUT2D eigenvalue weighted by Gasteiger charge is -2.49. The van der Waals surface area contributed by atoms with Gasteiger partial charge in [0.2, 0.25) is 0 Å². The second kappa shape index (κ2) is 17.6. The fourth-order valence-corrected chi connectivity index (χ4v) is 9.33. The highest BCUT2D eigenvalue weighted by Crippen LogP contribution is 2.47. The number of carbonyl (C=O) groups is 3. The van der Waals surface area contributed by atoms with Crippen LogP contribution in [-0.2, 0) is 57.0 Å². The van der Waals surface area contributed by atoms with Crippen LogP contribution in [0, 0.1) is 17.8 Å². The minimum absolute atomic E-state index is 0.139. The van der Waals surface area contributed by atoms with Gasteiger partial charge < -0.3 is 57.7 Å². The van der Waals surface area contributed by atoms with E-state index in [4.69, 9.17) is 42.6 Å². The molecule has 15 heteroatoms. The Morgan fingerprint density at radius 1 is 1.02 bits per heavy atom. The smallest absolute Gasteiger partial charge is 0.311 e. The zero-order valence-corrected chi connectivity index (χ0v) is 35.2. The average Bonchev–Trinajstić information content (AvgIpc) is 3.42. The second-order valence-corrected chi connectivity index (χ2v) is 17.1. The zero-order chi connectivity index (χ0) is 41.4. The topological polar surface area (TPSA) is 178 Å². The molecule has 17 atom stereocenters. The van der Waals surface area contributed by atoms with Gasteiger partial charge >= 0.3 is 11.9 Å². The van der Waals surface area contributed by atoms with Gasteiger partial charge in [0.1, 0.15) is 34.8 Å². The van der Waals surface area contributed by atoms with Crippen molar-refractivity contribution in [2.24, 2.45) is 17.8 Å². The Hall–Kier alpha value is -2.37. The molecule has 0 aromatic heterocycles. The first-order chi connectivity index (χ1) is 25.5. The summed E-state index contributed by atoms with van der Waals surface area (Å²) in [4.78, 5) is 40.2. The predicted octanol–water partition coefficient (Wildman–Crippen LogP) is 3.64. The van der Waals surface area contributed by atoms with Gasteiger partial charge in [0.15, 0.2) is 24.8 Å². The number of fused-ring (bicyclic) bond motifs is 2. The van der Waals surface area contributed by atoms with E-state index in [2.05, 4.69) is 0 Å². The summed E-state index contributed by atoms with van der Waals surface area (Å²) in [6, 6.07) is -0.245. The van der Waals surface area contributed by atoms with E-state index in [9.17, 15) is 24.6 Å². The van der Waals surface area contributed by atoms with Crippen molar-refractivity contribution >= 4 is 18.4 Å². The minimum atomic E-state index is -1.86. The van der Waals surface area contributed by atoms with Gasteiger partial charge in [-0.1, -0.05) is 20.8 Å². The van der Waals surface area contributed by atoms with Crippen molar-refractivity contribution in [2.75, 3.05) is 21.2 Å². The maximum atomic E-state index is 14.3. The van der Waals surface area contributed by atoms with Crippen molar-refractivity contribution in [1.82, 2.24) is 4.90 Å². The van der Waals surface area contributed by atoms with E-state index < -0.39 is 102 Å². The molecule has 0 aromatic rings. The molecular weight excluding hydrogens is 718 g/mol. The van der Waals surface area contributed by atoms with E-state index in [0.29, 0.717) is 25.1 Å². The van der Waals surface area contributed by atoms with E-state index in [1.54, 1.807) is 34.6 Å². The predicted molar refractivity (Wildman–Crippen MR) is 198 cm³/mol. The molecule has 15 nitrogen and oxygen atoms in total. The molecule has 4 aliphatic heterocycles. The first kappa shape index (κ1) is 45.3. The van der Waals surface area contributed by atoms with Crippen LogP contribution < -0.4 is 0 Å². The Labute approximate surface area is 326 Å². The summed E-state index contributed by atoms with van der Waals surface area (Å²) in [7, 11) is 5.33. The van der Waals surface area contributed by atoms with Crippen LogP contribution in [0.5, 0.6) is 0 Å². The third-order valence-electron chi connectivity index (χ3n) is 12.4. The van der Waals surface area contributed by atoms with Crippen LogP contribution >= 0.6 is 0 Å². The molecule has 0 aromatic carbocycles. The average molecular weight is 786 g/mol. The Kier molecular flexibility index (Phi) is 14.5. The van der Waals surface area contributed by atoms with Crippen molar-refractivity contribution in [1.29, 1.82) is 0 Å². The molecule has 3 fully saturated rings. The molecule has 2 bridgehead atoms. The monoisotopic (exact) mass is 785 g/mol. The Bertz CT molecular complexity index is 1390. The summed E-state index contributed by atoms with van der Waals surface area (Å²) >= 11 is 0. The molecule has 2 N–H and O–H groups in total. The summed E-state index contributed by atoms with van der Waals surface area (Å²) in [5.74, 6) is -3.02. The zero-order valence-electron chi connectivity index (χ0n) is 35.2. The van der Waals surface area contributed by atoms with Crippen LogP contribution in [0.2, 0.25) is 0 Å². The van der Waals surface area contributed by atoms with Crippen LogP contribution in [0.3, 0.4) is 0 Å². The number of aliphatic hydroxyl groups is 2. The van der Waals surface area contributed by atoms with Crippen molar-refractivity contribution in [3.05, 3.63) is 11.3 Å². The molecule has 0 saturated carbocycles. The van der Waals surface area contributed by atoms with Crippen LogP contribution in [-0.4, -0.2) is 139 Å². The third-order valence-corrected chi connectivity index (χ3v) is 12.4. The number of likely N-dealkylation sites (N-methyl/N-ethyl adjacent to an activating group) is 1. The number of esters is 2. The van der Waals surface area contributed by atoms with Crippen molar-refractivity contribution in [3.8, 4) is 0 Å². The number of nitrogens with zero attached hydrogens (tertiary/aromatic N) is 1. The first-order valence-corrected chi connectivity index (χ1v) is 19.6. The van der Waals surface area contributed by atoms with E-state index in [1.807, 2.05) is 46.7 Å². The Morgan fingerprint density at radius 3 is 2.24 bits per heavy atom. The third kappa shape index (κ3) is 9.35. The van der Waals surface area contributed by atoms with Gasteiger partial charge in [-0.3, -0.25) is 14.4 Å². The molecule has 0 aliphatic carbocycles. The van der Waals surface area contributed by atoms with Gasteiger partial charge in [-0.05, 0) is 81.0 Å². The number of carbonyl (C=O) groups excluding carboxylic acids is 3. The van der Waals surface area contributed by atoms with Gasteiger partial charge in [0, 0.05) is 38.7 Å². The Morgan fingerprint density at radius 2 is 1.67 bits per heavy atom. The van der Waals surface area contributed by atoms with Crippen molar-refractivity contribution in [3.63, 3.8) is 0 Å². The molecule has 3 saturated heterocycles. The molecular formula is C40H67NO14. The van der Waals surface area contributed by atoms with Gasteiger partial charge in [0.25, 0.3) is 6.47 Å². The highest BCUT2D eigenvalue weighted by molar-refractivity contribution is 5.73. The molecule has 4 aliphatic rings. The van der Waals surface area contributed by atoms with Gasteiger partial charge in [-0.15, -0.1) is 0 Å². The quantitative estimate of drug-likeness (QED) is 0.186. The van der Waals surface area contributed by atoms with E-state index in [1.165, 1.54) is 21.0 Å².